The normalized spacial score (nSPS) is 11.7. The third kappa shape index (κ3) is 2.90. The number of aromatic nitrogens is 8. The highest BCUT2D eigenvalue weighted by molar-refractivity contribution is 7.14. The van der Waals surface area contributed by atoms with E-state index >= 15 is 0 Å². The highest BCUT2D eigenvalue weighted by Gasteiger charge is 2.19. The summed E-state index contributed by atoms with van der Waals surface area (Å²) in [6.45, 7) is -0.184. The molecule has 0 amide bonds. The molecule has 0 atom stereocenters. The standard InChI is InChI=1S/C21H15FN8OS/c1-30-8-11(15(9-31)29-30)12-2-3-13-19(24-12)20(28-27-13)21-25-14-7-23-6-10(18(14)26-21)16-4-5-17(22)32-16/h2-8,31H,9H2,1H3,(H,25,26)(H,27,28). The van der Waals surface area contributed by atoms with E-state index in [0.29, 0.717) is 39.5 Å². The lowest BCUT2D eigenvalue weighted by Crippen LogP contribution is -1.91. The minimum atomic E-state index is -0.263. The fourth-order valence-corrected chi connectivity index (χ4v) is 4.51. The van der Waals surface area contributed by atoms with Gasteiger partial charge in [-0.25, -0.2) is 9.97 Å². The van der Waals surface area contributed by atoms with E-state index in [-0.39, 0.29) is 11.7 Å². The Bertz CT molecular complexity index is 1610. The Morgan fingerprint density at radius 1 is 1.06 bits per heavy atom. The van der Waals surface area contributed by atoms with Gasteiger partial charge in [-0.1, -0.05) is 0 Å². The molecule has 3 N–H and O–H groups in total. The first-order valence-electron chi connectivity index (χ1n) is 9.69. The third-order valence-electron chi connectivity index (χ3n) is 5.20. The van der Waals surface area contributed by atoms with Gasteiger partial charge in [-0.2, -0.15) is 14.6 Å². The van der Waals surface area contributed by atoms with Crippen molar-refractivity contribution in [3.63, 3.8) is 0 Å². The van der Waals surface area contributed by atoms with E-state index in [2.05, 4.69) is 25.3 Å². The van der Waals surface area contributed by atoms with Crippen molar-refractivity contribution < 1.29 is 9.50 Å². The van der Waals surface area contributed by atoms with Crippen molar-refractivity contribution in [2.75, 3.05) is 0 Å². The van der Waals surface area contributed by atoms with Crippen molar-refractivity contribution in [1.82, 2.24) is 39.9 Å². The Balaban J connectivity index is 1.51. The van der Waals surface area contributed by atoms with Crippen LogP contribution in [-0.4, -0.2) is 45.0 Å². The van der Waals surface area contributed by atoms with Gasteiger partial charge in [-0.3, -0.25) is 14.8 Å². The summed E-state index contributed by atoms with van der Waals surface area (Å²) in [7, 11) is 1.80. The van der Waals surface area contributed by atoms with E-state index in [4.69, 9.17) is 9.97 Å². The maximum absolute atomic E-state index is 13.6. The fraction of sp³-hybridized carbons (Fsp3) is 0.0952. The van der Waals surface area contributed by atoms with E-state index in [1.165, 1.54) is 6.07 Å². The molecule has 0 fully saturated rings. The molecule has 158 valence electrons. The van der Waals surface area contributed by atoms with Crippen molar-refractivity contribution >= 4 is 33.4 Å². The number of aliphatic hydroxyl groups is 1. The van der Waals surface area contributed by atoms with Gasteiger partial charge in [0, 0.05) is 35.4 Å². The van der Waals surface area contributed by atoms with Crippen LogP contribution in [-0.2, 0) is 13.7 Å². The van der Waals surface area contributed by atoms with Crippen LogP contribution < -0.4 is 0 Å². The molecule has 0 spiro atoms. The molecule has 6 aromatic heterocycles. The van der Waals surface area contributed by atoms with E-state index in [0.717, 1.165) is 32.9 Å². The molecule has 6 heterocycles. The van der Waals surface area contributed by atoms with Crippen LogP contribution in [0.15, 0.2) is 42.9 Å². The van der Waals surface area contributed by atoms with Crippen LogP contribution in [0, 0.1) is 5.13 Å². The van der Waals surface area contributed by atoms with Gasteiger partial charge >= 0.3 is 0 Å². The fourth-order valence-electron chi connectivity index (χ4n) is 3.76. The molecule has 0 bridgehead atoms. The van der Waals surface area contributed by atoms with Crippen LogP contribution in [0.1, 0.15) is 5.69 Å². The predicted molar refractivity (Wildman–Crippen MR) is 118 cm³/mol. The van der Waals surface area contributed by atoms with Crippen molar-refractivity contribution in [3.05, 3.63) is 53.7 Å². The molecule has 0 unspecified atom stereocenters. The summed E-state index contributed by atoms with van der Waals surface area (Å²) in [5.41, 5.74) is 6.04. The minimum absolute atomic E-state index is 0.184. The Labute approximate surface area is 183 Å². The molecule has 6 rings (SSSR count). The molecule has 9 nitrogen and oxygen atoms in total. The molecule has 6 aromatic rings. The summed E-state index contributed by atoms with van der Waals surface area (Å²) in [5, 5.41) is 21.1. The third-order valence-corrected chi connectivity index (χ3v) is 6.10. The molecule has 0 radical (unpaired) electrons. The smallest absolute Gasteiger partial charge is 0.176 e. The molecule has 0 saturated carbocycles. The van der Waals surface area contributed by atoms with Crippen LogP contribution in [0.4, 0.5) is 4.39 Å². The van der Waals surface area contributed by atoms with E-state index in [1.807, 2.05) is 18.3 Å². The zero-order valence-corrected chi connectivity index (χ0v) is 17.5. The van der Waals surface area contributed by atoms with Crippen LogP contribution >= 0.6 is 11.3 Å². The average Bonchev–Trinajstić information content (AvgIpc) is 3.57. The Morgan fingerprint density at radius 3 is 2.78 bits per heavy atom. The van der Waals surface area contributed by atoms with Crippen LogP contribution in [0.25, 0.3) is 55.3 Å². The van der Waals surface area contributed by atoms with Crippen molar-refractivity contribution in [1.29, 1.82) is 0 Å². The number of aromatic amines is 2. The quantitative estimate of drug-likeness (QED) is 0.380. The number of nitrogens with zero attached hydrogens (tertiary/aromatic N) is 6. The first-order valence-corrected chi connectivity index (χ1v) is 10.5. The summed E-state index contributed by atoms with van der Waals surface area (Å²) < 4.78 is 15.2. The Kier molecular flexibility index (Phi) is 4.13. The molecular weight excluding hydrogens is 431 g/mol. The zero-order valence-electron chi connectivity index (χ0n) is 16.7. The number of hydrogen-bond acceptors (Lipinski definition) is 7. The molecule has 11 heteroatoms. The molecule has 0 saturated heterocycles. The maximum atomic E-state index is 13.6. The lowest BCUT2D eigenvalue weighted by atomic mass is 10.1. The second-order valence-corrected chi connectivity index (χ2v) is 8.29. The van der Waals surface area contributed by atoms with Gasteiger partial charge in [-0.15, -0.1) is 11.3 Å². The summed E-state index contributed by atoms with van der Waals surface area (Å²) >= 11 is 1.05. The molecular formula is C21H15FN8OS. The first-order chi connectivity index (χ1) is 15.6. The highest BCUT2D eigenvalue weighted by Crippen LogP contribution is 2.34. The number of nitrogens with one attached hydrogen (secondary N) is 2. The van der Waals surface area contributed by atoms with E-state index in [9.17, 15) is 9.50 Å². The molecule has 32 heavy (non-hydrogen) atoms. The van der Waals surface area contributed by atoms with Crippen LogP contribution in [0.2, 0.25) is 0 Å². The number of aliphatic hydroxyl groups excluding tert-OH is 1. The maximum Gasteiger partial charge on any atom is 0.176 e. The van der Waals surface area contributed by atoms with Crippen molar-refractivity contribution in [3.8, 4) is 33.2 Å². The molecule has 0 aliphatic carbocycles. The van der Waals surface area contributed by atoms with Gasteiger partial charge in [0.25, 0.3) is 0 Å². The number of thiophene rings is 1. The van der Waals surface area contributed by atoms with Gasteiger partial charge in [0.15, 0.2) is 16.6 Å². The molecule has 0 aliphatic rings. The van der Waals surface area contributed by atoms with Gasteiger partial charge in [-0.05, 0) is 24.3 Å². The topological polar surface area (TPSA) is 121 Å². The second-order valence-electron chi connectivity index (χ2n) is 7.26. The first kappa shape index (κ1) is 18.8. The summed E-state index contributed by atoms with van der Waals surface area (Å²) in [5.74, 6) is 0.524. The summed E-state index contributed by atoms with van der Waals surface area (Å²) in [6, 6.07) is 6.88. The highest BCUT2D eigenvalue weighted by atomic mass is 32.1. The summed E-state index contributed by atoms with van der Waals surface area (Å²) in [4.78, 5) is 17.8. The lowest BCUT2D eigenvalue weighted by Gasteiger charge is -2.00. The predicted octanol–water partition coefficient (Wildman–Crippen LogP) is 3.66. The number of hydrogen-bond donors (Lipinski definition) is 3. The molecule has 0 aromatic carbocycles. The monoisotopic (exact) mass is 446 g/mol. The largest absolute Gasteiger partial charge is 0.390 e. The van der Waals surface area contributed by atoms with Crippen LogP contribution in [0.3, 0.4) is 0 Å². The number of halogens is 1. The number of aryl methyl sites for hydroxylation is 1. The van der Waals surface area contributed by atoms with E-state index in [1.54, 1.807) is 30.2 Å². The minimum Gasteiger partial charge on any atom is -0.390 e. The number of H-pyrrole nitrogens is 2. The molecule has 0 aliphatic heterocycles. The van der Waals surface area contributed by atoms with Gasteiger partial charge < -0.3 is 10.1 Å². The average molecular weight is 446 g/mol. The number of fused-ring (bicyclic) bond motifs is 2. The van der Waals surface area contributed by atoms with Crippen molar-refractivity contribution in [2.24, 2.45) is 7.05 Å². The van der Waals surface area contributed by atoms with Gasteiger partial charge in [0.1, 0.15) is 11.0 Å². The van der Waals surface area contributed by atoms with Crippen molar-refractivity contribution in [2.45, 2.75) is 6.61 Å². The number of imidazole rings is 1. The van der Waals surface area contributed by atoms with Crippen LogP contribution in [0.5, 0.6) is 0 Å². The van der Waals surface area contributed by atoms with Gasteiger partial charge in [0.05, 0.1) is 35.2 Å². The number of rotatable bonds is 4. The lowest BCUT2D eigenvalue weighted by molar-refractivity contribution is 0.276. The zero-order chi connectivity index (χ0) is 21.8. The van der Waals surface area contributed by atoms with Gasteiger partial charge in [0.2, 0.25) is 0 Å². The number of pyridine rings is 2. The Morgan fingerprint density at radius 2 is 1.97 bits per heavy atom. The SMILES string of the molecule is Cn1cc(-c2ccc3[nH]nc(-c4nc5c(-c6ccc(F)s6)cncc5[nH]4)c3n2)c(CO)n1. The second kappa shape index (κ2) is 7.04. The Hall–Kier alpha value is -3.96. The van der Waals surface area contributed by atoms with E-state index < -0.39 is 0 Å². The summed E-state index contributed by atoms with van der Waals surface area (Å²) in [6.07, 6.45) is 5.17.